The van der Waals surface area contributed by atoms with E-state index in [0.29, 0.717) is 5.69 Å². The molecular formula is C23H23N3O6. The van der Waals surface area contributed by atoms with E-state index in [4.69, 9.17) is 14.2 Å². The van der Waals surface area contributed by atoms with Crippen LogP contribution in [-0.2, 0) is 4.74 Å². The molecule has 0 atom stereocenters. The van der Waals surface area contributed by atoms with Gasteiger partial charge >= 0.3 is 5.97 Å². The lowest BCUT2D eigenvalue weighted by molar-refractivity contribution is 0.0518. The lowest BCUT2D eigenvalue weighted by Crippen LogP contribution is -2.27. The van der Waals surface area contributed by atoms with Crippen LogP contribution in [0.1, 0.15) is 33.3 Å². The lowest BCUT2D eigenvalue weighted by Gasteiger charge is -2.15. The summed E-state index contributed by atoms with van der Waals surface area (Å²) in [6.07, 6.45) is 0. The molecule has 0 fully saturated rings. The number of hydrogen-bond acceptors (Lipinski definition) is 7. The minimum Gasteiger partial charge on any atom is -0.496 e. The number of nitrogens with one attached hydrogen (secondary N) is 1. The van der Waals surface area contributed by atoms with Gasteiger partial charge in [0.2, 0.25) is 0 Å². The Hall–Kier alpha value is -4.14. The van der Waals surface area contributed by atoms with Crippen molar-refractivity contribution in [3.63, 3.8) is 0 Å². The molecule has 9 nitrogen and oxygen atoms in total. The molecule has 9 heteroatoms. The summed E-state index contributed by atoms with van der Waals surface area (Å²) in [5, 5.41) is 6.78. The fourth-order valence-electron chi connectivity index (χ4n) is 3.14. The normalized spacial score (nSPS) is 10.4. The van der Waals surface area contributed by atoms with Crippen molar-refractivity contribution < 1.29 is 23.8 Å². The highest BCUT2D eigenvalue weighted by molar-refractivity contribution is 6.10. The predicted octanol–water partition coefficient (Wildman–Crippen LogP) is 2.99. The van der Waals surface area contributed by atoms with Crippen molar-refractivity contribution >= 4 is 17.6 Å². The van der Waals surface area contributed by atoms with Gasteiger partial charge in [0, 0.05) is 6.07 Å². The van der Waals surface area contributed by atoms with Gasteiger partial charge in [-0.05, 0) is 37.6 Å². The Morgan fingerprint density at radius 1 is 1.03 bits per heavy atom. The number of esters is 1. The number of para-hydroxylation sites is 1. The SMILES string of the molecule is CCOC(=O)c1nn(-c2ccccc2C)c(=O)cc1NC(=O)c1c(OC)cccc1OC. The summed E-state index contributed by atoms with van der Waals surface area (Å²) >= 11 is 0. The summed E-state index contributed by atoms with van der Waals surface area (Å²) in [6, 6.07) is 13.1. The third-order valence-electron chi connectivity index (χ3n) is 4.65. The molecule has 0 aliphatic heterocycles. The summed E-state index contributed by atoms with van der Waals surface area (Å²) in [6.45, 7) is 3.56. The van der Waals surface area contributed by atoms with Crippen LogP contribution in [0, 0.1) is 6.92 Å². The van der Waals surface area contributed by atoms with Gasteiger partial charge in [-0.15, -0.1) is 0 Å². The van der Waals surface area contributed by atoms with E-state index < -0.39 is 17.4 Å². The van der Waals surface area contributed by atoms with Crippen LogP contribution >= 0.6 is 0 Å². The van der Waals surface area contributed by atoms with Gasteiger partial charge in [0.15, 0.2) is 5.69 Å². The highest BCUT2D eigenvalue weighted by Gasteiger charge is 2.24. The molecule has 0 saturated carbocycles. The number of methoxy groups -OCH3 is 2. The number of aryl methyl sites for hydroxylation is 1. The Morgan fingerprint density at radius 2 is 1.69 bits per heavy atom. The van der Waals surface area contributed by atoms with Gasteiger partial charge in [-0.25, -0.2) is 4.79 Å². The summed E-state index contributed by atoms with van der Waals surface area (Å²) in [7, 11) is 2.83. The molecule has 0 aliphatic rings. The van der Waals surface area contributed by atoms with E-state index in [-0.39, 0.29) is 35.1 Å². The number of rotatable bonds is 7. The molecule has 0 radical (unpaired) electrons. The van der Waals surface area contributed by atoms with E-state index in [0.717, 1.165) is 16.3 Å². The average molecular weight is 437 g/mol. The van der Waals surface area contributed by atoms with Crippen LogP contribution in [0.4, 0.5) is 5.69 Å². The standard InChI is InChI=1S/C23H23N3O6/c1-5-32-23(29)21-15(13-19(27)26(25-21)16-10-7-6-9-14(16)2)24-22(28)20-17(30-3)11-8-12-18(20)31-4/h6-13H,5H2,1-4H3,(H,24,28). The summed E-state index contributed by atoms with van der Waals surface area (Å²) in [4.78, 5) is 38.5. The molecule has 32 heavy (non-hydrogen) atoms. The number of ether oxygens (including phenoxy) is 3. The molecule has 0 spiro atoms. The maximum Gasteiger partial charge on any atom is 0.360 e. The van der Waals surface area contributed by atoms with Crippen LogP contribution in [0.15, 0.2) is 53.3 Å². The van der Waals surface area contributed by atoms with Crippen LogP contribution in [-0.4, -0.2) is 42.5 Å². The largest absolute Gasteiger partial charge is 0.496 e. The fraction of sp³-hybridized carbons (Fsp3) is 0.217. The van der Waals surface area contributed by atoms with Crippen molar-refractivity contribution in [1.29, 1.82) is 0 Å². The Morgan fingerprint density at radius 3 is 2.28 bits per heavy atom. The number of nitrogens with zero attached hydrogens (tertiary/aromatic N) is 2. The molecule has 0 saturated heterocycles. The number of hydrogen-bond donors (Lipinski definition) is 1. The molecule has 3 rings (SSSR count). The van der Waals surface area contributed by atoms with Crippen molar-refractivity contribution in [2.75, 3.05) is 26.1 Å². The topological polar surface area (TPSA) is 109 Å². The lowest BCUT2D eigenvalue weighted by atomic mass is 10.1. The van der Waals surface area contributed by atoms with Crippen LogP contribution < -0.4 is 20.3 Å². The first kappa shape index (κ1) is 22.5. The van der Waals surface area contributed by atoms with Gasteiger partial charge in [-0.3, -0.25) is 9.59 Å². The van der Waals surface area contributed by atoms with E-state index in [2.05, 4.69) is 10.4 Å². The Labute approximate surface area is 184 Å². The van der Waals surface area contributed by atoms with E-state index in [1.807, 2.05) is 19.1 Å². The fourth-order valence-corrected chi connectivity index (χ4v) is 3.14. The van der Waals surface area contributed by atoms with E-state index in [9.17, 15) is 14.4 Å². The van der Waals surface area contributed by atoms with E-state index in [1.54, 1.807) is 37.3 Å². The number of anilines is 1. The van der Waals surface area contributed by atoms with Crippen LogP contribution in [0.25, 0.3) is 5.69 Å². The van der Waals surface area contributed by atoms with E-state index >= 15 is 0 Å². The minimum atomic E-state index is -0.780. The van der Waals surface area contributed by atoms with E-state index in [1.165, 1.54) is 14.2 Å². The molecule has 166 valence electrons. The first-order valence-corrected chi connectivity index (χ1v) is 9.81. The molecule has 0 aliphatic carbocycles. The van der Waals surface area contributed by atoms with Crippen molar-refractivity contribution in [3.8, 4) is 17.2 Å². The third-order valence-corrected chi connectivity index (χ3v) is 4.65. The van der Waals surface area contributed by atoms with Gasteiger partial charge in [0.1, 0.15) is 17.1 Å². The van der Waals surface area contributed by atoms with Crippen LogP contribution in [0.5, 0.6) is 11.5 Å². The number of aromatic nitrogens is 2. The molecular weight excluding hydrogens is 414 g/mol. The van der Waals surface area contributed by atoms with Crippen molar-refractivity contribution in [1.82, 2.24) is 9.78 Å². The maximum atomic E-state index is 13.1. The third kappa shape index (κ3) is 4.46. The molecule has 2 aromatic carbocycles. The first-order valence-electron chi connectivity index (χ1n) is 9.81. The molecule has 0 unspecified atom stereocenters. The number of benzene rings is 2. The zero-order valence-electron chi connectivity index (χ0n) is 18.2. The Bertz CT molecular complexity index is 1200. The summed E-state index contributed by atoms with van der Waals surface area (Å²) < 4.78 is 16.7. The molecule has 1 N–H and O–H groups in total. The summed E-state index contributed by atoms with van der Waals surface area (Å²) in [5.41, 5.74) is 0.568. The van der Waals surface area contributed by atoms with Crippen molar-refractivity contribution in [3.05, 3.63) is 75.7 Å². The van der Waals surface area contributed by atoms with Crippen molar-refractivity contribution in [2.24, 2.45) is 0 Å². The molecule has 1 heterocycles. The number of amides is 1. The maximum absolute atomic E-state index is 13.1. The van der Waals surface area contributed by atoms with Gasteiger partial charge in [0.25, 0.3) is 11.5 Å². The smallest absolute Gasteiger partial charge is 0.360 e. The zero-order valence-corrected chi connectivity index (χ0v) is 18.2. The Balaban J connectivity index is 2.12. The van der Waals surface area contributed by atoms with Gasteiger partial charge in [-0.2, -0.15) is 9.78 Å². The van der Waals surface area contributed by atoms with Gasteiger partial charge in [0.05, 0.1) is 32.2 Å². The van der Waals surface area contributed by atoms with Crippen molar-refractivity contribution in [2.45, 2.75) is 13.8 Å². The second-order valence-corrected chi connectivity index (χ2v) is 6.66. The average Bonchev–Trinajstić information content (AvgIpc) is 2.79. The highest BCUT2D eigenvalue weighted by Crippen LogP contribution is 2.29. The zero-order chi connectivity index (χ0) is 23.3. The van der Waals surface area contributed by atoms with Gasteiger partial charge < -0.3 is 19.5 Å². The first-order chi connectivity index (χ1) is 15.4. The number of carbonyl (C=O) groups excluding carboxylic acids is 2. The highest BCUT2D eigenvalue weighted by atomic mass is 16.5. The number of carbonyl (C=O) groups is 2. The molecule has 1 amide bonds. The monoisotopic (exact) mass is 437 g/mol. The van der Waals surface area contributed by atoms with Crippen LogP contribution in [0.3, 0.4) is 0 Å². The molecule has 0 bridgehead atoms. The second kappa shape index (κ2) is 9.78. The Kier molecular flexibility index (Phi) is 6.89. The minimum absolute atomic E-state index is 0.0868. The summed E-state index contributed by atoms with van der Waals surface area (Å²) in [5.74, 6) is -0.890. The van der Waals surface area contributed by atoms with Gasteiger partial charge in [-0.1, -0.05) is 24.3 Å². The second-order valence-electron chi connectivity index (χ2n) is 6.66. The van der Waals surface area contributed by atoms with Crippen LogP contribution in [0.2, 0.25) is 0 Å². The quantitative estimate of drug-likeness (QED) is 0.566. The molecule has 3 aromatic rings. The predicted molar refractivity (Wildman–Crippen MR) is 118 cm³/mol. The molecule has 1 aromatic heterocycles.